The Hall–Kier alpha value is -2.25. The van der Waals surface area contributed by atoms with Gasteiger partial charge in [-0.25, -0.2) is 9.59 Å². The summed E-state index contributed by atoms with van der Waals surface area (Å²) in [5, 5.41) is 0.491. The van der Waals surface area contributed by atoms with Crippen molar-refractivity contribution in [2.45, 2.75) is 0 Å². The largest absolute Gasteiger partial charge is 0.466 e. The molecule has 130 valence electrons. The van der Waals surface area contributed by atoms with E-state index in [1.165, 1.54) is 14.2 Å². The van der Waals surface area contributed by atoms with Gasteiger partial charge < -0.3 is 24.0 Å². The van der Waals surface area contributed by atoms with Gasteiger partial charge in [-0.15, -0.1) is 0 Å². The molecule has 0 aliphatic carbocycles. The van der Waals surface area contributed by atoms with Crippen LogP contribution in [0.15, 0.2) is 29.5 Å². The summed E-state index contributed by atoms with van der Waals surface area (Å²) in [6.45, 7) is 0.0393. The molecule has 0 spiro atoms. The first kappa shape index (κ1) is 18.1. The number of carbonyl (C=O) groups is 2. The molecule has 0 bridgehead atoms. The Morgan fingerprint density at radius 3 is 2.46 bits per heavy atom. The van der Waals surface area contributed by atoms with E-state index in [-0.39, 0.29) is 24.6 Å². The van der Waals surface area contributed by atoms with E-state index in [9.17, 15) is 9.59 Å². The van der Waals surface area contributed by atoms with Gasteiger partial charge >= 0.3 is 11.9 Å². The van der Waals surface area contributed by atoms with E-state index < -0.39 is 11.9 Å². The Morgan fingerprint density at radius 1 is 1.21 bits per heavy atom. The number of esters is 2. The number of rotatable bonds is 4. The second-order valence-electron chi connectivity index (χ2n) is 5.24. The maximum atomic E-state index is 12.3. The molecule has 0 radical (unpaired) electrons. The molecule has 0 saturated heterocycles. The summed E-state index contributed by atoms with van der Waals surface area (Å²) in [7, 11) is 6.22. The van der Waals surface area contributed by atoms with Crippen LogP contribution in [0, 0.1) is 0 Å². The van der Waals surface area contributed by atoms with E-state index in [2.05, 4.69) is 0 Å². The van der Waals surface area contributed by atoms with Crippen molar-refractivity contribution in [1.82, 2.24) is 0 Å². The molecule has 0 aromatic heterocycles. The standard InChI is InChI=1S/C16H19ClN2O5/c1-18(2)12-6-5-10(17)7-13(12)19-9-24-8-11(15(20)22-3)14(19)16(21)23-4/h5-7H,8-9H2,1-4H3. The lowest BCUT2D eigenvalue weighted by atomic mass is 10.1. The van der Waals surface area contributed by atoms with E-state index >= 15 is 0 Å². The highest BCUT2D eigenvalue weighted by molar-refractivity contribution is 6.31. The molecule has 1 heterocycles. The average Bonchev–Trinajstić information content (AvgIpc) is 2.59. The highest BCUT2D eigenvalue weighted by atomic mass is 35.5. The summed E-state index contributed by atoms with van der Waals surface area (Å²) in [5.74, 6) is -1.29. The molecule has 8 heteroatoms. The van der Waals surface area contributed by atoms with Gasteiger partial charge in [-0.05, 0) is 18.2 Å². The van der Waals surface area contributed by atoms with Crippen LogP contribution in [0.2, 0.25) is 5.02 Å². The third-order valence-corrected chi connectivity index (χ3v) is 3.78. The number of hydrogen-bond donors (Lipinski definition) is 0. The molecule has 0 N–H and O–H groups in total. The van der Waals surface area contributed by atoms with Gasteiger partial charge in [0.2, 0.25) is 0 Å². The first-order chi connectivity index (χ1) is 11.4. The molecule has 1 aromatic carbocycles. The molecule has 7 nitrogen and oxygen atoms in total. The van der Waals surface area contributed by atoms with Crippen molar-refractivity contribution in [2.75, 3.05) is 51.5 Å². The third kappa shape index (κ3) is 3.47. The van der Waals surface area contributed by atoms with Crippen LogP contribution in [0.4, 0.5) is 11.4 Å². The van der Waals surface area contributed by atoms with Crippen LogP contribution in [-0.4, -0.2) is 53.6 Å². The van der Waals surface area contributed by atoms with Gasteiger partial charge in [0.15, 0.2) is 0 Å². The van der Waals surface area contributed by atoms with Crippen molar-refractivity contribution in [2.24, 2.45) is 0 Å². The van der Waals surface area contributed by atoms with Crippen LogP contribution in [0.1, 0.15) is 0 Å². The Kier molecular flexibility index (Phi) is 5.69. The predicted octanol–water partition coefficient (Wildman–Crippen LogP) is 1.80. The predicted molar refractivity (Wildman–Crippen MR) is 90.1 cm³/mol. The third-order valence-electron chi connectivity index (χ3n) is 3.54. The first-order valence-corrected chi connectivity index (χ1v) is 7.50. The minimum absolute atomic E-state index is 0.0362. The molecule has 0 amide bonds. The second-order valence-corrected chi connectivity index (χ2v) is 5.68. The van der Waals surface area contributed by atoms with Gasteiger partial charge in [-0.3, -0.25) is 0 Å². The minimum Gasteiger partial charge on any atom is -0.466 e. The SMILES string of the molecule is COC(=O)C1=C(C(=O)OC)N(c2cc(Cl)ccc2N(C)C)COC1. The van der Waals surface area contributed by atoms with Crippen molar-refractivity contribution in [1.29, 1.82) is 0 Å². The number of methoxy groups -OCH3 is 2. The highest BCUT2D eigenvalue weighted by Crippen LogP contribution is 2.35. The van der Waals surface area contributed by atoms with Gasteiger partial charge in [0.05, 0.1) is 37.8 Å². The van der Waals surface area contributed by atoms with Gasteiger partial charge in [0.25, 0.3) is 0 Å². The lowest BCUT2D eigenvalue weighted by Gasteiger charge is -2.33. The Balaban J connectivity index is 2.65. The lowest BCUT2D eigenvalue weighted by Crippen LogP contribution is -2.39. The van der Waals surface area contributed by atoms with Crippen LogP contribution < -0.4 is 9.80 Å². The van der Waals surface area contributed by atoms with Crippen LogP contribution in [0.3, 0.4) is 0 Å². The van der Waals surface area contributed by atoms with Crippen LogP contribution in [0.5, 0.6) is 0 Å². The van der Waals surface area contributed by atoms with Crippen LogP contribution in [0.25, 0.3) is 0 Å². The van der Waals surface area contributed by atoms with E-state index in [0.717, 1.165) is 5.69 Å². The molecule has 0 atom stereocenters. The summed E-state index contributed by atoms with van der Waals surface area (Å²) in [4.78, 5) is 27.8. The number of hydrogen-bond acceptors (Lipinski definition) is 7. The van der Waals surface area contributed by atoms with E-state index in [4.69, 9.17) is 25.8 Å². The fourth-order valence-electron chi connectivity index (χ4n) is 2.42. The molecule has 0 fully saturated rings. The lowest BCUT2D eigenvalue weighted by molar-refractivity contribution is -0.140. The fraction of sp³-hybridized carbons (Fsp3) is 0.375. The molecule has 1 aliphatic heterocycles. The topological polar surface area (TPSA) is 68.3 Å². The summed E-state index contributed by atoms with van der Waals surface area (Å²) < 4.78 is 15.1. The Labute approximate surface area is 145 Å². The molecule has 24 heavy (non-hydrogen) atoms. The van der Waals surface area contributed by atoms with E-state index in [1.807, 2.05) is 25.1 Å². The van der Waals surface area contributed by atoms with Gasteiger partial charge in [-0.1, -0.05) is 11.6 Å². The average molecular weight is 355 g/mol. The zero-order chi connectivity index (χ0) is 17.9. The van der Waals surface area contributed by atoms with Crippen molar-refractivity contribution in [3.05, 3.63) is 34.5 Å². The molecule has 2 rings (SSSR count). The monoisotopic (exact) mass is 354 g/mol. The molecule has 1 aliphatic rings. The van der Waals surface area contributed by atoms with Crippen molar-refractivity contribution in [3.8, 4) is 0 Å². The normalized spacial score (nSPS) is 14.5. The summed E-state index contributed by atoms with van der Waals surface area (Å²) >= 11 is 6.12. The Morgan fingerprint density at radius 2 is 1.88 bits per heavy atom. The first-order valence-electron chi connectivity index (χ1n) is 7.12. The van der Waals surface area contributed by atoms with Gasteiger partial charge in [0, 0.05) is 19.1 Å². The maximum Gasteiger partial charge on any atom is 0.355 e. The quantitative estimate of drug-likeness (QED) is 0.764. The number of anilines is 2. The number of ether oxygens (including phenoxy) is 3. The zero-order valence-electron chi connectivity index (χ0n) is 14.0. The maximum absolute atomic E-state index is 12.3. The molecule has 1 aromatic rings. The van der Waals surface area contributed by atoms with Crippen molar-refractivity contribution < 1.29 is 23.8 Å². The molecular weight excluding hydrogens is 336 g/mol. The van der Waals surface area contributed by atoms with Crippen LogP contribution in [-0.2, 0) is 23.8 Å². The van der Waals surface area contributed by atoms with Gasteiger partial charge in [-0.2, -0.15) is 0 Å². The number of benzene rings is 1. The van der Waals surface area contributed by atoms with Crippen molar-refractivity contribution >= 4 is 34.9 Å². The summed E-state index contributed by atoms with van der Waals surface area (Å²) in [5.41, 5.74) is 1.60. The number of halogens is 1. The highest BCUT2D eigenvalue weighted by Gasteiger charge is 2.33. The van der Waals surface area contributed by atoms with E-state index in [0.29, 0.717) is 10.7 Å². The van der Waals surface area contributed by atoms with Crippen molar-refractivity contribution in [3.63, 3.8) is 0 Å². The van der Waals surface area contributed by atoms with E-state index in [1.54, 1.807) is 17.0 Å². The fourth-order valence-corrected chi connectivity index (χ4v) is 2.59. The minimum atomic E-state index is -0.650. The number of nitrogens with zero attached hydrogens (tertiary/aromatic N) is 2. The molecule has 0 saturated carbocycles. The summed E-state index contributed by atoms with van der Waals surface area (Å²) in [6.07, 6.45) is 0. The Bertz CT molecular complexity index is 687. The molecule has 0 unspecified atom stereocenters. The molecular formula is C16H19ClN2O5. The second kappa shape index (κ2) is 7.55. The number of carbonyl (C=O) groups excluding carboxylic acids is 2. The van der Waals surface area contributed by atoms with Crippen LogP contribution >= 0.6 is 11.6 Å². The van der Waals surface area contributed by atoms with Gasteiger partial charge in [0.1, 0.15) is 12.4 Å². The smallest absolute Gasteiger partial charge is 0.355 e. The zero-order valence-corrected chi connectivity index (χ0v) is 14.7. The summed E-state index contributed by atoms with van der Waals surface area (Å²) in [6, 6.07) is 5.26.